The van der Waals surface area contributed by atoms with Crippen molar-refractivity contribution in [2.45, 2.75) is 38.9 Å². The minimum atomic E-state index is -4.94. The molecule has 2 aliphatic heterocycles. The molecule has 3 aromatic rings. The molecule has 1 aromatic heterocycles. The summed E-state index contributed by atoms with van der Waals surface area (Å²) in [7, 11) is 5.41. The number of amides is 1. The van der Waals surface area contributed by atoms with E-state index in [4.69, 9.17) is 0 Å². The Balaban J connectivity index is 1.42. The molecule has 1 fully saturated rings. The van der Waals surface area contributed by atoms with Gasteiger partial charge in [0.05, 0.1) is 28.8 Å². The van der Waals surface area contributed by atoms with Crippen LogP contribution in [0.15, 0.2) is 42.7 Å². The number of hydrazine groups is 2. The average molecular weight is 587 g/mol. The highest BCUT2D eigenvalue weighted by atomic mass is 19.4. The van der Waals surface area contributed by atoms with Gasteiger partial charge in [0.1, 0.15) is 0 Å². The van der Waals surface area contributed by atoms with Gasteiger partial charge in [0, 0.05) is 48.8 Å². The molecule has 224 valence electrons. The Labute approximate surface area is 241 Å². The smallest absolute Gasteiger partial charge is 0.369 e. The molecule has 0 radical (unpaired) electrons. The molecule has 0 aliphatic carbocycles. The highest BCUT2D eigenvalue weighted by Gasteiger charge is 2.37. The van der Waals surface area contributed by atoms with Crippen molar-refractivity contribution in [3.05, 3.63) is 76.5 Å². The second-order valence-electron chi connectivity index (χ2n) is 10.9. The number of nitrogens with one attached hydrogen (secondary N) is 3. The monoisotopic (exact) mass is 586 g/mol. The molecular weight excluding hydrogens is 552 g/mol. The van der Waals surface area contributed by atoms with Gasteiger partial charge in [-0.2, -0.15) is 18.3 Å². The van der Waals surface area contributed by atoms with Crippen molar-refractivity contribution in [3.63, 3.8) is 0 Å². The molecule has 0 spiro atoms. The number of likely N-dealkylation sites (tertiary alicyclic amines) is 1. The summed E-state index contributed by atoms with van der Waals surface area (Å²) in [5.41, 5.74) is 8.75. The fraction of sp³-hybridized carbons (Fsp3) is 0.379. The van der Waals surface area contributed by atoms with Crippen molar-refractivity contribution in [1.82, 2.24) is 25.6 Å². The van der Waals surface area contributed by atoms with Crippen molar-refractivity contribution in [2.24, 2.45) is 7.05 Å². The third kappa shape index (κ3) is 5.79. The number of nitrogens with zero attached hydrogens (tertiary/aromatic N) is 5. The molecule has 1 saturated heterocycles. The highest BCUT2D eigenvalue weighted by molar-refractivity contribution is 6.05. The maximum absolute atomic E-state index is 15.2. The summed E-state index contributed by atoms with van der Waals surface area (Å²) in [5.74, 6) is -1.97. The first-order valence-electron chi connectivity index (χ1n) is 13.6. The second kappa shape index (κ2) is 11.3. The van der Waals surface area contributed by atoms with E-state index in [-0.39, 0.29) is 23.0 Å². The molecular formula is C29H34F4N8O. The predicted octanol–water partition coefficient (Wildman–Crippen LogP) is 4.81. The Morgan fingerprint density at radius 3 is 2.48 bits per heavy atom. The zero-order valence-electron chi connectivity index (χ0n) is 24.1. The number of hydrogen-bond donors (Lipinski definition) is 3. The minimum Gasteiger partial charge on any atom is -0.369 e. The van der Waals surface area contributed by atoms with Gasteiger partial charge in [0.25, 0.3) is 5.91 Å². The molecule has 13 heteroatoms. The first-order valence-corrected chi connectivity index (χ1v) is 13.6. The molecule has 3 heterocycles. The summed E-state index contributed by atoms with van der Waals surface area (Å²) in [6.07, 6.45) is 0.00921. The second-order valence-corrected chi connectivity index (χ2v) is 10.9. The van der Waals surface area contributed by atoms with Crippen LogP contribution >= 0.6 is 0 Å². The quantitative estimate of drug-likeness (QED) is 0.358. The third-order valence-corrected chi connectivity index (χ3v) is 8.06. The van der Waals surface area contributed by atoms with Gasteiger partial charge in [0.2, 0.25) is 0 Å². The van der Waals surface area contributed by atoms with E-state index in [0.29, 0.717) is 24.6 Å². The lowest BCUT2D eigenvalue weighted by Crippen LogP contribution is -2.42. The lowest BCUT2D eigenvalue weighted by Gasteiger charge is -2.37. The third-order valence-electron chi connectivity index (χ3n) is 8.06. The van der Waals surface area contributed by atoms with Gasteiger partial charge < -0.3 is 20.5 Å². The van der Waals surface area contributed by atoms with Crippen LogP contribution in [0.5, 0.6) is 0 Å². The van der Waals surface area contributed by atoms with E-state index in [9.17, 15) is 18.0 Å². The summed E-state index contributed by atoms with van der Waals surface area (Å²) in [6, 6.07) is 6.76. The van der Waals surface area contributed by atoms with E-state index in [1.165, 1.54) is 6.07 Å². The van der Waals surface area contributed by atoms with Crippen LogP contribution < -0.4 is 26.2 Å². The van der Waals surface area contributed by atoms with Gasteiger partial charge in [-0.05, 0) is 76.7 Å². The summed E-state index contributed by atoms with van der Waals surface area (Å²) < 4.78 is 58.6. The number of benzene rings is 2. The normalized spacial score (nSPS) is 16.4. The molecule has 0 saturated carbocycles. The molecule has 0 unspecified atom stereocenters. The molecule has 2 aliphatic rings. The van der Waals surface area contributed by atoms with Gasteiger partial charge in [-0.15, -0.1) is 5.53 Å². The molecule has 5 rings (SSSR count). The largest absolute Gasteiger partial charge is 0.419 e. The van der Waals surface area contributed by atoms with E-state index >= 15 is 4.39 Å². The van der Waals surface area contributed by atoms with Crippen molar-refractivity contribution < 1.29 is 22.4 Å². The summed E-state index contributed by atoms with van der Waals surface area (Å²) in [5, 5.41) is 8.54. The van der Waals surface area contributed by atoms with Crippen LogP contribution in [0.25, 0.3) is 5.70 Å². The lowest BCUT2D eigenvalue weighted by atomic mass is 10.0. The molecule has 42 heavy (non-hydrogen) atoms. The van der Waals surface area contributed by atoms with E-state index in [1.54, 1.807) is 46.0 Å². The number of aryl methyl sites for hydroxylation is 2. The van der Waals surface area contributed by atoms with Gasteiger partial charge in [0.15, 0.2) is 5.82 Å². The molecule has 0 bridgehead atoms. The molecule has 2 aromatic carbocycles. The van der Waals surface area contributed by atoms with Crippen LogP contribution in [0.4, 0.5) is 34.6 Å². The van der Waals surface area contributed by atoms with Gasteiger partial charge in [-0.3, -0.25) is 14.5 Å². The zero-order chi connectivity index (χ0) is 30.3. The fourth-order valence-corrected chi connectivity index (χ4v) is 5.28. The van der Waals surface area contributed by atoms with Gasteiger partial charge in [-0.25, -0.2) is 4.39 Å². The summed E-state index contributed by atoms with van der Waals surface area (Å²) >= 11 is 0. The number of halogens is 4. The summed E-state index contributed by atoms with van der Waals surface area (Å²) in [4.78, 5) is 17.0. The Morgan fingerprint density at radius 1 is 1.12 bits per heavy atom. The number of hydrogen-bond acceptors (Lipinski definition) is 7. The first-order chi connectivity index (χ1) is 19.8. The molecule has 1 amide bonds. The van der Waals surface area contributed by atoms with Crippen molar-refractivity contribution in [2.75, 3.05) is 42.4 Å². The SMILES string of the molecule is Cc1ccc(C(=O)Nc2cc(N(C)C3CCN(C)CC3)c(F)c(C(F)(F)F)c2)cc1N1C=C(c2cnn(C)c2C)NN1. The topological polar surface area (TPSA) is 80.7 Å². The molecule has 9 nitrogen and oxygen atoms in total. The van der Waals surface area contributed by atoms with E-state index < -0.39 is 23.5 Å². The van der Waals surface area contributed by atoms with Crippen LogP contribution in [0.1, 0.15) is 45.6 Å². The zero-order valence-corrected chi connectivity index (χ0v) is 24.1. The number of alkyl halides is 3. The van der Waals surface area contributed by atoms with Gasteiger partial charge in [-0.1, -0.05) is 6.07 Å². The summed E-state index contributed by atoms with van der Waals surface area (Å²) in [6.45, 7) is 5.34. The van der Waals surface area contributed by atoms with E-state index in [0.717, 1.165) is 35.6 Å². The number of carbonyl (C=O) groups excluding carboxylic acids is 1. The lowest BCUT2D eigenvalue weighted by molar-refractivity contribution is -0.139. The Hall–Kier alpha value is -4.10. The van der Waals surface area contributed by atoms with Crippen LogP contribution in [0, 0.1) is 19.7 Å². The van der Waals surface area contributed by atoms with E-state index in [1.807, 2.05) is 34.1 Å². The van der Waals surface area contributed by atoms with Crippen molar-refractivity contribution in [3.8, 4) is 0 Å². The maximum atomic E-state index is 15.2. The number of carbonyl (C=O) groups is 1. The van der Waals surface area contributed by atoms with Crippen molar-refractivity contribution >= 4 is 28.7 Å². The van der Waals surface area contributed by atoms with Crippen LogP contribution in [-0.4, -0.2) is 53.8 Å². The number of aromatic nitrogens is 2. The van der Waals surface area contributed by atoms with Crippen LogP contribution in [-0.2, 0) is 13.2 Å². The predicted molar refractivity (Wildman–Crippen MR) is 154 cm³/mol. The minimum absolute atomic E-state index is 0.127. The maximum Gasteiger partial charge on any atom is 0.419 e. The average Bonchev–Trinajstić information content (AvgIpc) is 3.55. The Kier molecular flexibility index (Phi) is 7.90. The fourth-order valence-electron chi connectivity index (χ4n) is 5.28. The standard InChI is InChI=1S/C29H34F4N8O/c1-17-6-7-19(12-25(17)41-16-24(36-37-41)22-15-34-40(5)18(22)2)28(42)35-20-13-23(29(31,32)33)27(30)26(14-20)39(4)21-8-10-38(3)11-9-21/h6-7,12-16,21,36-37H,8-11H2,1-5H3,(H,35,42). The van der Waals surface area contributed by atoms with E-state index in [2.05, 4.69) is 26.3 Å². The number of piperidine rings is 1. The van der Waals surface area contributed by atoms with Crippen LogP contribution in [0.3, 0.4) is 0 Å². The Bertz CT molecular complexity index is 1520. The molecule has 3 N–H and O–H groups in total. The number of anilines is 3. The first kappa shape index (κ1) is 29.4. The number of rotatable bonds is 6. The Morgan fingerprint density at radius 2 is 1.83 bits per heavy atom. The molecule has 0 atom stereocenters. The van der Waals surface area contributed by atoms with Gasteiger partial charge >= 0.3 is 6.18 Å². The van der Waals surface area contributed by atoms with Crippen LogP contribution in [0.2, 0.25) is 0 Å². The highest BCUT2D eigenvalue weighted by Crippen LogP contribution is 2.39. The van der Waals surface area contributed by atoms with Crippen molar-refractivity contribution in [1.29, 1.82) is 0 Å².